The summed E-state index contributed by atoms with van der Waals surface area (Å²) in [6, 6.07) is 87.7. The van der Waals surface area contributed by atoms with Crippen LogP contribution in [-0.2, 0) is 0 Å². The molecule has 304 valence electrons. The van der Waals surface area contributed by atoms with E-state index in [4.69, 9.17) is 4.42 Å². The molecule has 3 nitrogen and oxygen atoms in total. The number of fused-ring (bicyclic) bond motifs is 9. The summed E-state index contributed by atoms with van der Waals surface area (Å²) in [6.07, 6.45) is 0. The number of aromatic nitrogens is 1. The Labute approximate surface area is 376 Å². The van der Waals surface area contributed by atoms with Crippen molar-refractivity contribution in [2.24, 2.45) is 0 Å². The van der Waals surface area contributed by atoms with Gasteiger partial charge in [0, 0.05) is 49.6 Å². The molecule has 0 N–H and O–H groups in total. The summed E-state index contributed by atoms with van der Waals surface area (Å²) in [6.45, 7) is 0. The zero-order chi connectivity index (χ0) is 42.8. The summed E-state index contributed by atoms with van der Waals surface area (Å²) in [5.74, 6) is 0. The molecule has 2 aromatic heterocycles. The van der Waals surface area contributed by atoms with Crippen LogP contribution in [0.5, 0.6) is 0 Å². The molecule has 0 radical (unpaired) electrons. The topological polar surface area (TPSA) is 21.3 Å². The highest BCUT2D eigenvalue weighted by molar-refractivity contribution is 6.15. The van der Waals surface area contributed by atoms with E-state index >= 15 is 0 Å². The Morgan fingerprint density at radius 3 is 1.66 bits per heavy atom. The fourth-order valence-electron chi connectivity index (χ4n) is 10.1. The largest absolute Gasteiger partial charge is 0.455 e. The molecule has 0 aliphatic rings. The molecule has 0 saturated carbocycles. The van der Waals surface area contributed by atoms with E-state index in [-0.39, 0.29) is 0 Å². The van der Waals surface area contributed by atoms with E-state index in [0.717, 1.165) is 61.4 Å². The second kappa shape index (κ2) is 15.0. The standard InChI is InChI=1S/C62H40N2O/c1-2-13-41(14-3-1)42-25-34-49(35-26-42)64-58-23-10-8-19-54(58)57-39-45(31-38-59(57)64)43-27-32-47(33-28-43)63(60-40-46-15-4-5-16-50(46)52-17-6-7-18-53(52)60)48-36-29-44(30-37-48)51-21-12-22-56-55-20-9-11-24-61(55)65-62(51)56/h1-40H. The predicted molar refractivity (Wildman–Crippen MR) is 274 cm³/mol. The third kappa shape index (κ3) is 6.12. The Kier molecular flexibility index (Phi) is 8.53. The fraction of sp³-hybridized carbons (Fsp3) is 0. The number of hydrogen-bond donors (Lipinski definition) is 0. The lowest BCUT2D eigenvalue weighted by atomic mass is 9.98. The lowest BCUT2D eigenvalue weighted by molar-refractivity contribution is 0.670. The predicted octanol–water partition coefficient (Wildman–Crippen LogP) is 17.5. The minimum Gasteiger partial charge on any atom is -0.455 e. The van der Waals surface area contributed by atoms with Gasteiger partial charge in [0.05, 0.1) is 16.7 Å². The van der Waals surface area contributed by atoms with Gasteiger partial charge in [-0.2, -0.15) is 0 Å². The monoisotopic (exact) mass is 828 g/mol. The van der Waals surface area contributed by atoms with Gasteiger partial charge in [0.15, 0.2) is 0 Å². The first-order valence-corrected chi connectivity index (χ1v) is 22.2. The van der Waals surface area contributed by atoms with E-state index in [1.807, 2.05) is 12.1 Å². The molecule has 0 atom stereocenters. The van der Waals surface area contributed by atoms with E-state index in [1.54, 1.807) is 0 Å². The van der Waals surface area contributed by atoms with Crippen LogP contribution in [-0.4, -0.2) is 4.57 Å². The van der Waals surface area contributed by atoms with Crippen molar-refractivity contribution < 1.29 is 4.42 Å². The first-order valence-electron chi connectivity index (χ1n) is 22.2. The maximum Gasteiger partial charge on any atom is 0.143 e. The molecule has 0 bridgehead atoms. The quantitative estimate of drug-likeness (QED) is 0.149. The van der Waals surface area contributed by atoms with E-state index in [2.05, 4.69) is 240 Å². The first-order chi connectivity index (χ1) is 32.2. The normalized spacial score (nSPS) is 11.7. The SMILES string of the molecule is c1ccc(-c2ccc(-n3c4ccccc4c4cc(-c5ccc(N(c6ccc(-c7cccc8c7oc7ccccc78)cc6)c6cc7ccccc7c7ccccc67)cc5)ccc43)cc2)cc1. The van der Waals surface area contributed by atoms with Gasteiger partial charge in [0.25, 0.3) is 0 Å². The summed E-state index contributed by atoms with van der Waals surface area (Å²) in [5, 5.41) is 9.62. The summed E-state index contributed by atoms with van der Waals surface area (Å²) in [4.78, 5) is 2.41. The molecule has 13 aromatic rings. The minimum atomic E-state index is 0.904. The maximum absolute atomic E-state index is 6.46. The van der Waals surface area contributed by atoms with Gasteiger partial charge >= 0.3 is 0 Å². The van der Waals surface area contributed by atoms with Gasteiger partial charge in [0.2, 0.25) is 0 Å². The molecule has 0 saturated heterocycles. The number of furan rings is 1. The van der Waals surface area contributed by atoms with Crippen molar-refractivity contribution in [1.29, 1.82) is 0 Å². The van der Waals surface area contributed by atoms with Gasteiger partial charge in [-0.15, -0.1) is 0 Å². The molecule has 13 rings (SSSR count). The van der Waals surface area contributed by atoms with Crippen LogP contribution in [0.4, 0.5) is 17.1 Å². The molecule has 0 spiro atoms. The first kappa shape index (κ1) is 36.9. The van der Waals surface area contributed by atoms with Crippen molar-refractivity contribution in [1.82, 2.24) is 4.57 Å². The number of anilines is 3. The van der Waals surface area contributed by atoms with Crippen molar-refractivity contribution in [3.8, 4) is 39.1 Å². The molecule has 65 heavy (non-hydrogen) atoms. The highest BCUT2D eigenvalue weighted by atomic mass is 16.3. The van der Waals surface area contributed by atoms with Gasteiger partial charge in [-0.25, -0.2) is 0 Å². The molecular formula is C62H40N2O. The Bertz CT molecular complexity index is 3920. The lowest BCUT2D eigenvalue weighted by Crippen LogP contribution is -2.10. The number of nitrogens with zero attached hydrogens (tertiary/aromatic N) is 2. The van der Waals surface area contributed by atoms with Crippen LogP contribution in [0.1, 0.15) is 0 Å². The van der Waals surface area contributed by atoms with Crippen LogP contribution in [0.25, 0.3) is 104 Å². The molecule has 11 aromatic carbocycles. The van der Waals surface area contributed by atoms with Crippen molar-refractivity contribution >= 4 is 82.4 Å². The van der Waals surface area contributed by atoms with Crippen molar-refractivity contribution in [3.05, 3.63) is 243 Å². The third-order valence-corrected chi connectivity index (χ3v) is 13.2. The van der Waals surface area contributed by atoms with Gasteiger partial charge in [-0.3, -0.25) is 0 Å². The van der Waals surface area contributed by atoms with E-state index in [0.29, 0.717) is 0 Å². The van der Waals surface area contributed by atoms with Crippen LogP contribution in [0.3, 0.4) is 0 Å². The Hall–Kier alpha value is -8.66. The second-order valence-corrected chi connectivity index (χ2v) is 16.9. The lowest BCUT2D eigenvalue weighted by Gasteiger charge is -2.28. The second-order valence-electron chi connectivity index (χ2n) is 16.9. The average Bonchev–Trinajstić information content (AvgIpc) is 3.93. The third-order valence-electron chi connectivity index (χ3n) is 13.2. The Morgan fingerprint density at radius 2 is 0.877 bits per heavy atom. The molecular weight excluding hydrogens is 789 g/mol. The fourth-order valence-corrected chi connectivity index (χ4v) is 10.1. The van der Waals surface area contributed by atoms with E-state index in [9.17, 15) is 0 Å². The molecule has 0 unspecified atom stereocenters. The summed E-state index contributed by atoms with van der Waals surface area (Å²) in [5.41, 5.74) is 15.6. The van der Waals surface area contributed by atoms with Crippen LogP contribution in [0, 0.1) is 0 Å². The number of rotatable bonds is 7. The number of benzene rings is 11. The zero-order valence-electron chi connectivity index (χ0n) is 35.4. The average molecular weight is 829 g/mol. The maximum atomic E-state index is 6.46. The van der Waals surface area contributed by atoms with Crippen molar-refractivity contribution in [2.75, 3.05) is 4.90 Å². The van der Waals surface area contributed by atoms with Crippen molar-refractivity contribution in [3.63, 3.8) is 0 Å². The van der Waals surface area contributed by atoms with Gasteiger partial charge < -0.3 is 13.9 Å². The molecule has 0 amide bonds. The Morgan fingerprint density at radius 1 is 0.323 bits per heavy atom. The van der Waals surface area contributed by atoms with Gasteiger partial charge in [-0.05, 0) is 111 Å². The summed E-state index contributed by atoms with van der Waals surface area (Å²) >= 11 is 0. The highest BCUT2D eigenvalue weighted by Gasteiger charge is 2.20. The van der Waals surface area contributed by atoms with Gasteiger partial charge in [-0.1, -0.05) is 176 Å². The smallest absolute Gasteiger partial charge is 0.143 e. The summed E-state index contributed by atoms with van der Waals surface area (Å²) in [7, 11) is 0. The van der Waals surface area contributed by atoms with E-state index < -0.39 is 0 Å². The molecule has 0 aliphatic carbocycles. The van der Waals surface area contributed by atoms with Crippen molar-refractivity contribution in [2.45, 2.75) is 0 Å². The highest BCUT2D eigenvalue weighted by Crippen LogP contribution is 2.44. The molecule has 2 heterocycles. The van der Waals surface area contributed by atoms with Crippen LogP contribution < -0.4 is 4.90 Å². The van der Waals surface area contributed by atoms with Crippen LogP contribution in [0.2, 0.25) is 0 Å². The molecule has 3 heteroatoms. The molecule has 0 aliphatic heterocycles. The zero-order valence-corrected chi connectivity index (χ0v) is 35.4. The van der Waals surface area contributed by atoms with Crippen LogP contribution in [0.15, 0.2) is 247 Å². The van der Waals surface area contributed by atoms with Gasteiger partial charge in [0.1, 0.15) is 11.2 Å². The molecule has 0 fully saturated rings. The Balaban J connectivity index is 0.913. The van der Waals surface area contributed by atoms with E-state index in [1.165, 1.54) is 60.0 Å². The van der Waals surface area contributed by atoms with Crippen LogP contribution >= 0.6 is 0 Å². The minimum absolute atomic E-state index is 0.904. The number of para-hydroxylation sites is 3. The number of hydrogen-bond acceptors (Lipinski definition) is 2. The summed E-state index contributed by atoms with van der Waals surface area (Å²) < 4.78 is 8.85.